The quantitative estimate of drug-likeness (QED) is 0.844. The van der Waals surface area contributed by atoms with Gasteiger partial charge in [0.25, 0.3) is 0 Å². The number of carbonyl (C=O) groups excluding carboxylic acids is 1. The fraction of sp³-hybridized carbons (Fsp3) is 0.588. The Labute approximate surface area is 139 Å². The van der Waals surface area contributed by atoms with Gasteiger partial charge in [0.05, 0.1) is 13.0 Å². The molecule has 1 saturated heterocycles. The number of benzene rings is 1. The molecule has 0 aliphatic carbocycles. The van der Waals surface area contributed by atoms with E-state index in [1.165, 1.54) is 0 Å². The van der Waals surface area contributed by atoms with Crippen LogP contribution in [-0.2, 0) is 11.2 Å². The summed E-state index contributed by atoms with van der Waals surface area (Å²) >= 11 is 0. The highest BCUT2D eigenvalue weighted by atomic mass is 35.5. The average molecular weight is 327 g/mol. The molecule has 1 aliphatic heterocycles. The van der Waals surface area contributed by atoms with Gasteiger partial charge >= 0.3 is 0 Å². The molecule has 4 nitrogen and oxygen atoms in total. The number of halogens is 1. The normalized spacial score (nSPS) is 16.5. The van der Waals surface area contributed by atoms with Gasteiger partial charge in [-0.3, -0.25) is 4.79 Å². The summed E-state index contributed by atoms with van der Waals surface area (Å²) in [6, 6.07) is 7.74. The van der Waals surface area contributed by atoms with Crippen molar-refractivity contribution >= 4 is 18.3 Å². The van der Waals surface area contributed by atoms with Crippen molar-refractivity contribution < 1.29 is 9.53 Å². The molecule has 1 aromatic carbocycles. The Bertz CT molecular complexity index is 456. The number of carbonyl (C=O) groups is 1. The van der Waals surface area contributed by atoms with E-state index in [0.29, 0.717) is 13.0 Å². The van der Waals surface area contributed by atoms with Crippen molar-refractivity contribution in [2.24, 2.45) is 5.41 Å². The summed E-state index contributed by atoms with van der Waals surface area (Å²) in [5.74, 6) is 0.947. The van der Waals surface area contributed by atoms with Gasteiger partial charge in [0.2, 0.25) is 5.91 Å². The minimum Gasteiger partial charge on any atom is -0.494 e. The van der Waals surface area contributed by atoms with Crippen LogP contribution in [0, 0.1) is 5.41 Å². The maximum Gasteiger partial charge on any atom is 0.224 e. The highest BCUT2D eigenvalue weighted by molar-refractivity contribution is 5.85. The second-order valence-electron chi connectivity index (χ2n) is 6.09. The van der Waals surface area contributed by atoms with Crippen LogP contribution in [0.3, 0.4) is 0 Å². The molecule has 1 aromatic rings. The van der Waals surface area contributed by atoms with E-state index in [4.69, 9.17) is 4.74 Å². The second-order valence-corrected chi connectivity index (χ2v) is 6.09. The number of hydrogen-bond donors (Lipinski definition) is 2. The molecule has 0 unspecified atom stereocenters. The van der Waals surface area contributed by atoms with Gasteiger partial charge in [0, 0.05) is 6.54 Å². The predicted octanol–water partition coefficient (Wildman–Crippen LogP) is 2.56. The van der Waals surface area contributed by atoms with Gasteiger partial charge in [-0.05, 0) is 56.0 Å². The summed E-state index contributed by atoms with van der Waals surface area (Å²) in [5.41, 5.74) is 1.26. The smallest absolute Gasteiger partial charge is 0.224 e. The number of hydrogen-bond acceptors (Lipinski definition) is 3. The Morgan fingerprint density at radius 2 is 1.91 bits per heavy atom. The van der Waals surface area contributed by atoms with E-state index in [1.54, 1.807) is 0 Å². The molecule has 1 aliphatic rings. The Kier molecular flexibility index (Phi) is 7.69. The zero-order valence-corrected chi connectivity index (χ0v) is 14.3. The molecule has 0 saturated carbocycles. The van der Waals surface area contributed by atoms with Crippen molar-refractivity contribution in [1.29, 1.82) is 0 Å². The van der Waals surface area contributed by atoms with Crippen LogP contribution < -0.4 is 15.4 Å². The summed E-state index contributed by atoms with van der Waals surface area (Å²) in [4.78, 5) is 12.0. The summed E-state index contributed by atoms with van der Waals surface area (Å²) < 4.78 is 5.40. The molecule has 2 N–H and O–H groups in total. The van der Waals surface area contributed by atoms with E-state index in [-0.39, 0.29) is 23.7 Å². The first-order valence-corrected chi connectivity index (χ1v) is 7.80. The largest absolute Gasteiger partial charge is 0.494 e. The Morgan fingerprint density at radius 1 is 1.27 bits per heavy atom. The van der Waals surface area contributed by atoms with Crippen LogP contribution in [0.4, 0.5) is 0 Å². The fourth-order valence-corrected chi connectivity index (χ4v) is 2.64. The van der Waals surface area contributed by atoms with Crippen LogP contribution in [0.1, 0.15) is 32.3 Å². The monoisotopic (exact) mass is 326 g/mol. The summed E-state index contributed by atoms with van der Waals surface area (Å²) in [6.45, 7) is 7.74. The fourth-order valence-electron chi connectivity index (χ4n) is 2.64. The van der Waals surface area contributed by atoms with Crippen LogP contribution in [0.5, 0.6) is 5.75 Å². The lowest BCUT2D eigenvalue weighted by Gasteiger charge is -2.34. The molecule has 0 aromatic heterocycles. The van der Waals surface area contributed by atoms with Crippen molar-refractivity contribution in [2.45, 2.75) is 33.1 Å². The Balaban J connectivity index is 0.00000242. The lowest BCUT2D eigenvalue weighted by molar-refractivity contribution is -0.121. The summed E-state index contributed by atoms with van der Waals surface area (Å²) in [7, 11) is 0. The average Bonchev–Trinajstić information content (AvgIpc) is 2.49. The molecule has 1 heterocycles. The highest BCUT2D eigenvalue weighted by Crippen LogP contribution is 2.26. The molecular formula is C17H27ClN2O2. The van der Waals surface area contributed by atoms with E-state index in [9.17, 15) is 4.79 Å². The van der Waals surface area contributed by atoms with Crippen molar-refractivity contribution in [2.75, 3.05) is 26.2 Å². The Hall–Kier alpha value is -1.26. The van der Waals surface area contributed by atoms with Crippen LogP contribution in [0.2, 0.25) is 0 Å². The van der Waals surface area contributed by atoms with Crippen molar-refractivity contribution in [3.63, 3.8) is 0 Å². The van der Waals surface area contributed by atoms with Crippen LogP contribution >= 0.6 is 12.4 Å². The maximum atomic E-state index is 12.0. The molecule has 0 radical (unpaired) electrons. The first kappa shape index (κ1) is 18.8. The molecular weight excluding hydrogens is 300 g/mol. The topological polar surface area (TPSA) is 50.4 Å². The van der Waals surface area contributed by atoms with Crippen LogP contribution in [0.15, 0.2) is 24.3 Å². The van der Waals surface area contributed by atoms with Gasteiger partial charge in [0.1, 0.15) is 5.75 Å². The lowest BCUT2D eigenvalue weighted by Crippen LogP contribution is -2.43. The zero-order valence-electron chi connectivity index (χ0n) is 13.5. The number of rotatable bonds is 6. The van der Waals surface area contributed by atoms with Crippen LogP contribution in [0.25, 0.3) is 0 Å². The second kappa shape index (κ2) is 9.01. The molecule has 1 fully saturated rings. The SMILES string of the molecule is CCOc1ccc(CC(=O)NCC2(C)CCNCC2)cc1.Cl. The minimum absolute atomic E-state index is 0. The van der Waals surface area contributed by atoms with Gasteiger partial charge in [-0.25, -0.2) is 0 Å². The number of ether oxygens (including phenoxy) is 1. The molecule has 0 atom stereocenters. The molecule has 0 spiro atoms. The zero-order chi connectivity index (χ0) is 15.1. The van der Waals surface area contributed by atoms with Gasteiger partial charge < -0.3 is 15.4 Å². The minimum atomic E-state index is 0. The first-order chi connectivity index (χ1) is 10.1. The third-order valence-electron chi connectivity index (χ3n) is 4.12. The van der Waals surface area contributed by atoms with E-state index in [1.807, 2.05) is 31.2 Å². The van der Waals surface area contributed by atoms with E-state index < -0.39 is 0 Å². The van der Waals surface area contributed by atoms with Gasteiger partial charge in [-0.2, -0.15) is 0 Å². The molecule has 22 heavy (non-hydrogen) atoms. The Morgan fingerprint density at radius 3 is 2.50 bits per heavy atom. The molecule has 124 valence electrons. The number of nitrogens with one attached hydrogen (secondary N) is 2. The van der Waals surface area contributed by atoms with E-state index >= 15 is 0 Å². The van der Waals surface area contributed by atoms with E-state index in [0.717, 1.165) is 43.8 Å². The van der Waals surface area contributed by atoms with Crippen molar-refractivity contribution in [3.05, 3.63) is 29.8 Å². The summed E-state index contributed by atoms with van der Waals surface area (Å²) in [6.07, 6.45) is 2.67. The van der Waals surface area contributed by atoms with Crippen molar-refractivity contribution in [3.8, 4) is 5.75 Å². The standard InChI is InChI=1S/C17H26N2O2.ClH/c1-3-21-15-6-4-14(5-7-15)12-16(20)19-13-17(2)8-10-18-11-9-17;/h4-7,18H,3,8-13H2,1-2H3,(H,19,20);1H. The maximum absolute atomic E-state index is 12.0. The molecule has 5 heteroatoms. The third kappa shape index (κ3) is 5.85. The number of piperidine rings is 1. The predicted molar refractivity (Wildman–Crippen MR) is 91.8 cm³/mol. The van der Waals surface area contributed by atoms with E-state index in [2.05, 4.69) is 17.6 Å². The lowest BCUT2D eigenvalue weighted by atomic mass is 9.81. The molecule has 1 amide bonds. The summed E-state index contributed by atoms with van der Waals surface area (Å²) in [5, 5.41) is 6.44. The number of amides is 1. The molecule has 0 bridgehead atoms. The van der Waals surface area contributed by atoms with Gasteiger partial charge in [-0.15, -0.1) is 12.4 Å². The van der Waals surface area contributed by atoms with Crippen molar-refractivity contribution in [1.82, 2.24) is 10.6 Å². The third-order valence-corrected chi connectivity index (χ3v) is 4.12. The highest BCUT2D eigenvalue weighted by Gasteiger charge is 2.26. The first-order valence-electron chi connectivity index (χ1n) is 7.80. The van der Waals surface area contributed by atoms with Gasteiger partial charge in [-0.1, -0.05) is 19.1 Å². The van der Waals surface area contributed by atoms with Crippen LogP contribution in [-0.4, -0.2) is 32.1 Å². The van der Waals surface area contributed by atoms with Gasteiger partial charge in [0.15, 0.2) is 0 Å². The molecule has 2 rings (SSSR count).